The summed E-state index contributed by atoms with van der Waals surface area (Å²) >= 11 is 0. The van der Waals surface area contributed by atoms with Gasteiger partial charge in [-0.25, -0.2) is 0 Å². The Morgan fingerprint density at radius 3 is 2.96 bits per heavy atom. The Hall–Kier alpha value is -1.59. The van der Waals surface area contributed by atoms with Crippen molar-refractivity contribution in [1.82, 2.24) is 4.90 Å². The minimum absolute atomic E-state index is 0.116. The summed E-state index contributed by atoms with van der Waals surface area (Å²) in [5, 5.41) is 0. The smallest absolute Gasteiger partial charge is 0.315 e. The molecule has 0 radical (unpaired) electrons. The molecule has 0 saturated carbocycles. The van der Waals surface area contributed by atoms with E-state index in [1.165, 1.54) is 7.11 Å². The third kappa shape index (κ3) is 3.51. The fourth-order valence-electron chi connectivity index (χ4n) is 3.65. The van der Waals surface area contributed by atoms with Crippen LogP contribution in [0.25, 0.3) is 0 Å². The van der Waals surface area contributed by atoms with Gasteiger partial charge in [0.25, 0.3) is 0 Å². The molecule has 1 aromatic rings. The number of ether oxygens (including phenoxy) is 3. The number of nitrogens with zero attached hydrogens (tertiary/aromatic N) is 1. The lowest BCUT2D eigenvalue weighted by molar-refractivity contribution is -0.153. The molecule has 5 nitrogen and oxygen atoms in total. The molecular weight excluding hydrogens is 294 g/mol. The topological polar surface area (TPSA) is 48.0 Å². The maximum atomic E-state index is 12.1. The number of para-hydroxylation sites is 1. The Morgan fingerprint density at radius 1 is 1.35 bits per heavy atom. The molecule has 126 valence electrons. The van der Waals surface area contributed by atoms with Gasteiger partial charge in [0.2, 0.25) is 0 Å². The van der Waals surface area contributed by atoms with E-state index < -0.39 is 5.41 Å². The molecule has 1 aromatic carbocycles. The maximum Gasteiger partial charge on any atom is 0.315 e. The summed E-state index contributed by atoms with van der Waals surface area (Å²) in [5.74, 6) is 1.08. The van der Waals surface area contributed by atoms with Crippen molar-refractivity contribution in [2.24, 2.45) is 11.3 Å². The lowest BCUT2D eigenvalue weighted by Gasteiger charge is -2.24. The summed E-state index contributed by atoms with van der Waals surface area (Å²) in [4.78, 5) is 14.5. The van der Waals surface area contributed by atoms with Gasteiger partial charge in [-0.05, 0) is 31.5 Å². The van der Waals surface area contributed by atoms with Crippen LogP contribution < -0.4 is 4.74 Å². The van der Waals surface area contributed by atoms with Gasteiger partial charge in [0.05, 0.1) is 26.9 Å². The number of carbonyl (C=O) groups is 1. The summed E-state index contributed by atoms with van der Waals surface area (Å²) in [5.41, 5.74) is -0.435. The van der Waals surface area contributed by atoms with E-state index in [4.69, 9.17) is 14.2 Å². The third-order valence-corrected chi connectivity index (χ3v) is 4.92. The second kappa shape index (κ2) is 7.32. The molecule has 0 aliphatic carbocycles. The van der Waals surface area contributed by atoms with Crippen LogP contribution in [0, 0.1) is 11.3 Å². The first-order chi connectivity index (χ1) is 11.2. The fourth-order valence-corrected chi connectivity index (χ4v) is 3.65. The van der Waals surface area contributed by atoms with Crippen LogP contribution in [0.3, 0.4) is 0 Å². The normalized spacial score (nSPS) is 26.9. The first-order valence-electron chi connectivity index (χ1n) is 8.31. The average molecular weight is 319 g/mol. The van der Waals surface area contributed by atoms with Gasteiger partial charge < -0.3 is 19.1 Å². The highest BCUT2D eigenvalue weighted by Crippen LogP contribution is 2.42. The number of fused-ring (bicyclic) bond motifs is 1. The minimum atomic E-state index is -0.435. The second-order valence-electron chi connectivity index (χ2n) is 6.46. The Balaban J connectivity index is 1.39. The van der Waals surface area contributed by atoms with E-state index >= 15 is 0 Å². The largest absolute Gasteiger partial charge is 0.494 e. The zero-order valence-corrected chi connectivity index (χ0v) is 13.7. The Kier molecular flexibility index (Phi) is 5.18. The molecule has 0 aromatic heterocycles. The summed E-state index contributed by atoms with van der Waals surface area (Å²) in [6, 6.07) is 9.89. The van der Waals surface area contributed by atoms with Crippen molar-refractivity contribution >= 4 is 5.97 Å². The lowest BCUT2D eigenvalue weighted by Crippen LogP contribution is -2.40. The van der Waals surface area contributed by atoms with Crippen LogP contribution in [-0.2, 0) is 14.3 Å². The van der Waals surface area contributed by atoms with Crippen molar-refractivity contribution in [2.75, 3.05) is 46.6 Å². The number of hydrogen-bond donors (Lipinski definition) is 0. The number of esters is 1. The number of methoxy groups -OCH3 is 1. The van der Waals surface area contributed by atoms with Gasteiger partial charge in [-0.3, -0.25) is 4.79 Å². The molecule has 0 spiro atoms. The van der Waals surface area contributed by atoms with E-state index in [0.717, 1.165) is 44.8 Å². The number of likely N-dealkylation sites (tertiary alicyclic amines) is 1. The Labute approximate surface area is 137 Å². The highest BCUT2D eigenvalue weighted by molar-refractivity contribution is 5.78. The van der Waals surface area contributed by atoms with Gasteiger partial charge >= 0.3 is 5.97 Å². The highest BCUT2D eigenvalue weighted by Gasteiger charge is 2.56. The molecule has 23 heavy (non-hydrogen) atoms. The van der Waals surface area contributed by atoms with Crippen molar-refractivity contribution in [3.05, 3.63) is 30.3 Å². The number of carbonyl (C=O) groups excluding carboxylic acids is 1. The van der Waals surface area contributed by atoms with E-state index in [1.54, 1.807) is 0 Å². The van der Waals surface area contributed by atoms with E-state index in [1.807, 2.05) is 30.3 Å². The zero-order valence-electron chi connectivity index (χ0n) is 13.7. The molecule has 2 aliphatic heterocycles. The molecule has 2 aliphatic rings. The lowest BCUT2D eigenvalue weighted by atomic mass is 9.81. The number of benzene rings is 1. The van der Waals surface area contributed by atoms with Crippen LogP contribution in [0.1, 0.15) is 12.8 Å². The first-order valence-corrected chi connectivity index (χ1v) is 8.31. The summed E-state index contributed by atoms with van der Waals surface area (Å²) in [6.45, 7) is 4.57. The van der Waals surface area contributed by atoms with Crippen molar-refractivity contribution in [3.63, 3.8) is 0 Å². The highest BCUT2D eigenvalue weighted by atomic mass is 16.5. The van der Waals surface area contributed by atoms with E-state index in [-0.39, 0.29) is 11.9 Å². The molecule has 0 unspecified atom stereocenters. The van der Waals surface area contributed by atoms with Gasteiger partial charge in [-0.2, -0.15) is 0 Å². The standard InChI is InChI=1S/C18H25NO4/c1-21-17(20)18-13-19(11-15(18)12-22-14-18)9-5-6-10-23-16-7-3-2-4-8-16/h2-4,7-8,15H,5-6,9-14H2,1H3/t15-,18-/m0/s1. The average Bonchev–Trinajstić information content (AvgIpc) is 3.12. The van der Waals surface area contributed by atoms with E-state index in [0.29, 0.717) is 13.2 Å². The Bertz CT molecular complexity index is 521. The molecule has 0 N–H and O–H groups in total. The number of unbranched alkanes of at least 4 members (excludes halogenated alkanes) is 1. The van der Waals surface area contributed by atoms with Gasteiger partial charge in [-0.1, -0.05) is 18.2 Å². The molecule has 5 heteroatoms. The van der Waals surface area contributed by atoms with Crippen LogP contribution in [0.4, 0.5) is 0 Å². The van der Waals surface area contributed by atoms with Crippen LogP contribution in [0.5, 0.6) is 5.75 Å². The third-order valence-electron chi connectivity index (χ3n) is 4.92. The van der Waals surface area contributed by atoms with E-state index in [2.05, 4.69) is 4.90 Å². The molecular formula is C18H25NO4. The molecule has 2 heterocycles. The van der Waals surface area contributed by atoms with Crippen LogP contribution in [0.15, 0.2) is 30.3 Å². The quantitative estimate of drug-likeness (QED) is 0.568. The van der Waals surface area contributed by atoms with Crippen LogP contribution >= 0.6 is 0 Å². The number of hydrogen-bond acceptors (Lipinski definition) is 5. The predicted octanol–water partition coefficient (Wildman–Crippen LogP) is 1.97. The van der Waals surface area contributed by atoms with Gasteiger partial charge in [0, 0.05) is 19.0 Å². The fraction of sp³-hybridized carbons (Fsp3) is 0.611. The van der Waals surface area contributed by atoms with Gasteiger partial charge in [-0.15, -0.1) is 0 Å². The summed E-state index contributed by atoms with van der Waals surface area (Å²) in [7, 11) is 1.47. The van der Waals surface area contributed by atoms with Gasteiger partial charge in [0.15, 0.2) is 0 Å². The summed E-state index contributed by atoms with van der Waals surface area (Å²) in [6.07, 6.45) is 2.08. The Morgan fingerprint density at radius 2 is 2.17 bits per heavy atom. The molecule has 2 atom stereocenters. The molecule has 3 rings (SSSR count). The SMILES string of the molecule is COC(=O)[C@@]12COC[C@@H]1CN(CCCCOc1ccccc1)C2. The van der Waals surface area contributed by atoms with Gasteiger partial charge in [0.1, 0.15) is 11.2 Å². The molecule has 0 amide bonds. The summed E-state index contributed by atoms with van der Waals surface area (Å²) < 4.78 is 16.3. The maximum absolute atomic E-state index is 12.1. The minimum Gasteiger partial charge on any atom is -0.494 e. The zero-order chi connectivity index (χ0) is 16.1. The van der Waals surface area contributed by atoms with Crippen molar-refractivity contribution in [1.29, 1.82) is 0 Å². The van der Waals surface area contributed by atoms with Crippen molar-refractivity contribution in [2.45, 2.75) is 12.8 Å². The van der Waals surface area contributed by atoms with E-state index in [9.17, 15) is 4.79 Å². The van der Waals surface area contributed by atoms with Crippen molar-refractivity contribution in [3.8, 4) is 5.75 Å². The van der Waals surface area contributed by atoms with Crippen molar-refractivity contribution < 1.29 is 19.0 Å². The first kappa shape index (κ1) is 16.3. The monoisotopic (exact) mass is 319 g/mol. The molecule has 2 saturated heterocycles. The number of rotatable bonds is 7. The van der Waals surface area contributed by atoms with Crippen LogP contribution in [0.2, 0.25) is 0 Å². The predicted molar refractivity (Wildman–Crippen MR) is 86.4 cm³/mol. The van der Waals surface area contributed by atoms with Crippen LogP contribution in [-0.4, -0.2) is 57.4 Å². The molecule has 2 fully saturated rings. The second-order valence-corrected chi connectivity index (χ2v) is 6.46. The molecule has 0 bridgehead atoms.